The second-order valence-electron chi connectivity index (χ2n) is 4.15. The molecule has 0 aromatic heterocycles. The molecule has 0 aliphatic rings. The van der Waals surface area contributed by atoms with E-state index in [2.05, 4.69) is 0 Å². The average molecular weight is 321 g/mol. The van der Waals surface area contributed by atoms with Crippen LogP contribution in [0.15, 0.2) is 23.1 Å². The molecule has 7 heteroatoms. The molecule has 0 aliphatic heterocycles. The SMILES string of the molecule is CCOCCN(CC)S(=O)(=O)c1ccc(Cl)c(CN)c1. The Morgan fingerprint density at radius 1 is 1.35 bits per heavy atom. The van der Waals surface area contributed by atoms with Gasteiger partial charge < -0.3 is 10.5 Å². The number of halogens is 1. The summed E-state index contributed by atoms with van der Waals surface area (Å²) in [4.78, 5) is 0.209. The predicted molar refractivity (Wildman–Crippen MR) is 80.3 cm³/mol. The van der Waals surface area contributed by atoms with Gasteiger partial charge in [-0.3, -0.25) is 0 Å². The van der Waals surface area contributed by atoms with Gasteiger partial charge in [0.1, 0.15) is 0 Å². The van der Waals surface area contributed by atoms with Crippen LogP contribution in [0.1, 0.15) is 19.4 Å². The van der Waals surface area contributed by atoms with Crippen molar-refractivity contribution in [3.8, 4) is 0 Å². The lowest BCUT2D eigenvalue weighted by molar-refractivity contribution is 0.135. The maximum Gasteiger partial charge on any atom is 0.243 e. The summed E-state index contributed by atoms with van der Waals surface area (Å²) >= 11 is 5.95. The number of rotatable bonds is 8. The van der Waals surface area contributed by atoms with Crippen molar-refractivity contribution in [2.24, 2.45) is 5.73 Å². The van der Waals surface area contributed by atoms with E-state index in [1.54, 1.807) is 13.0 Å². The summed E-state index contributed by atoms with van der Waals surface area (Å²) in [5, 5.41) is 0.476. The topological polar surface area (TPSA) is 72.6 Å². The van der Waals surface area contributed by atoms with E-state index in [1.807, 2.05) is 6.92 Å². The van der Waals surface area contributed by atoms with Gasteiger partial charge in [-0.2, -0.15) is 4.31 Å². The highest BCUT2D eigenvalue weighted by Crippen LogP contribution is 2.22. The maximum absolute atomic E-state index is 12.5. The Morgan fingerprint density at radius 3 is 2.60 bits per heavy atom. The minimum absolute atomic E-state index is 0.202. The summed E-state index contributed by atoms with van der Waals surface area (Å²) in [5.74, 6) is 0. The van der Waals surface area contributed by atoms with Crippen LogP contribution in [0.2, 0.25) is 5.02 Å². The first-order valence-corrected chi connectivity index (χ1v) is 8.35. The Kier molecular flexibility index (Phi) is 6.91. The number of sulfonamides is 1. The van der Waals surface area contributed by atoms with Crippen molar-refractivity contribution in [1.29, 1.82) is 0 Å². The van der Waals surface area contributed by atoms with Crippen molar-refractivity contribution < 1.29 is 13.2 Å². The number of hydrogen-bond acceptors (Lipinski definition) is 4. The lowest BCUT2D eigenvalue weighted by Gasteiger charge is -2.20. The van der Waals surface area contributed by atoms with Gasteiger partial charge in [0.05, 0.1) is 11.5 Å². The highest BCUT2D eigenvalue weighted by molar-refractivity contribution is 7.89. The Labute approximate surface area is 125 Å². The van der Waals surface area contributed by atoms with E-state index in [0.29, 0.717) is 36.9 Å². The summed E-state index contributed by atoms with van der Waals surface area (Å²) in [6, 6.07) is 4.59. The first-order chi connectivity index (χ1) is 9.47. The molecule has 20 heavy (non-hydrogen) atoms. The molecule has 2 N–H and O–H groups in total. The summed E-state index contributed by atoms with van der Waals surface area (Å²) < 4.78 is 31.6. The van der Waals surface area contributed by atoms with E-state index in [1.165, 1.54) is 16.4 Å². The summed E-state index contributed by atoms with van der Waals surface area (Å²) in [5.41, 5.74) is 6.18. The molecule has 1 aromatic rings. The third kappa shape index (κ3) is 4.17. The number of nitrogens with two attached hydrogens (primary N) is 1. The third-order valence-electron chi connectivity index (χ3n) is 2.92. The molecule has 0 unspecified atom stereocenters. The molecule has 1 rings (SSSR count). The van der Waals surface area contributed by atoms with Crippen molar-refractivity contribution >= 4 is 21.6 Å². The van der Waals surface area contributed by atoms with Crippen LogP contribution >= 0.6 is 11.6 Å². The Balaban J connectivity index is 3.01. The smallest absolute Gasteiger partial charge is 0.243 e. The largest absolute Gasteiger partial charge is 0.380 e. The van der Waals surface area contributed by atoms with Gasteiger partial charge in [-0.25, -0.2) is 8.42 Å². The molecule has 1 aromatic carbocycles. The van der Waals surface area contributed by atoms with Crippen molar-refractivity contribution in [1.82, 2.24) is 4.31 Å². The first kappa shape index (κ1) is 17.4. The number of benzene rings is 1. The molecule has 0 amide bonds. The second kappa shape index (κ2) is 7.95. The van der Waals surface area contributed by atoms with Crippen molar-refractivity contribution in [2.75, 3.05) is 26.3 Å². The minimum atomic E-state index is -3.54. The molecule has 0 radical (unpaired) electrons. The summed E-state index contributed by atoms with van der Waals surface area (Å²) in [6.45, 7) is 5.52. The van der Waals surface area contributed by atoms with Crippen LogP contribution in [-0.2, 0) is 21.3 Å². The fourth-order valence-electron chi connectivity index (χ4n) is 1.78. The number of ether oxygens (including phenoxy) is 1. The van der Waals surface area contributed by atoms with Gasteiger partial charge in [0.2, 0.25) is 10.0 Å². The maximum atomic E-state index is 12.5. The van der Waals surface area contributed by atoms with Crippen molar-refractivity contribution in [3.05, 3.63) is 28.8 Å². The van der Waals surface area contributed by atoms with Crippen LogP contribution in [0, 0.1) is 0 Å². The van der Waals surface area contributed by atoms with E-state index in [9.17, 15) is 8.42 Å². The summed E-state index contributed by atoms with van der Waals surface area (Å²) in [7, 11) is -3.54. The van der Waals surface area contributed by atoms with Gasteiger partial charge >= 0.3 is 0 Å². The van der Waals surface area contributed by atoms with E-state index in [-0.39, 0.29) is 11.4 Å². The molecule has 0 aliphatic carbocycles. The van der Waals surface area contributed by atoms with E-state index >= 15 is 0 Å². The normalized spacial score (nSPS) is 12.1. The lowest BCUT2D eigenvalue weighted by atomic mass is 10.2. The van der Waals surface area contributed by atoms with Gasteiger partial charge in [0, 0.05) is 31.3 Å². The van der Waals surface area contributed by atoms with Gasteiger partial charge in [0.15, 0.2) is 0 Å². The molecule has 0 atom stereocenters. The molecule has 114 valence electrons. The highest BCUT2D eigenvalue weighted by atomic mass is 35.5. The molecule has 0 bridgehead atoms. The Morgan fingerprint density at radius 2 is 2.05 bits per heavy atom. The van der Waals surface area contributed by atoms with Crippen molar-refractivity contribution in [3.63, 3.8) is 0 Å². The first-order valence-electron chi connectivity index (χ1n) is 6.53. The standard InChI is InChI=1S/C13H21ClN2O3S/c1-3-16(7-8-19-4-2)20(17,18)12-5-6-13(14)11(9-12)10-15/h5-6,9H,3-4,7-8,10,15H2,1-2H3. The highest BCUT2D eigenvalue weighted by Gasteiger charge is 2.23. The summed E-state index contributed by atoms with van der Waals surface area (Å²) in [6.07, 6.45) is 0. The van der Waals surface area contributed by atoms with Crippen LogP contribution in [0.25, 0.3) is 0 Å². The second-order valence-corrected chi connectivity index (χ2v) is 6.50. The van der Waals surface area contributed by atoms with Crippen LogP contribution in [0.5, 0.6) is 0 Å². The molecule has 0 spiro atoms. The average Bonchev–Trinajstić information content (AvgIpc) is 2.43. The number of nitrogens with zero attached hydrogens (tertiary/aromatic N) is 1. The van der Waals surface area contributed by atoms with E-state index in [4.69, 9.17) is 22.1 Å². The third-order valence-corrected chi connectivity index (χ3v) is 5.26. The zero-order chi connectivity index (χ0) is 15.2. The predicted octanol–water partition coefficient (Wildman–Crippen LogP) is 1.85. The molecule has 0 fully saturated rings. The zero-order valence-electron chi connectivity index (χ0n) is 11.8. The van der Waals surface area contributed by atoms with Crippen LogP contribution < -0.4 is 5.73 Å². The van der Waals surface area contributed by atoms with Crippen molar-refractivity contribution in [2.45, 2.75) is 25.3 Å². The van der Waals surface area contributed by atoms with Gasteiger partial charge in [-0.05, 0) is 30.7 Å². The number of hydrogen-bond donors (Lipinski definition) is 1. The fourth-order valence-corrected chi connectivity index (χ4v) is 3.45. The Hall–Kier alpha value is -0.660. The molecule has 5 nitrogen and oxygen atoms in total. The number of likely N-dealkylation sites (N-methyl/N-ethyl adjacent to an activating group) is 1. The molecule has 0 saturated heterocycles. The monoisotopic (exact) mass is 320 g/mol. The van der Waals surface area contributed by atoms with Crippen LogP contribution in [0.3, 0.4) is 0 Å². The molecule has 0 saturated carbocycles. The van der Waals surface area contributed by atoms with E-state index in [0.717, 1.165) is 0 Å². The van der Waals surface area contributed by atoms with E-state index < -0.39 is 10.0 Å². The fraction of sp³-hybridized carbons (Fsp3) is 0.538. The zero-order valence-corrected chi connectivity index (χ0v) is 13.4. The van der Waals surface area contributed by atoms with Gasteiger partial charge in [-0.15, -0.1) is 0 Å². The Bertz CT molecular complexity index is 534. The molecular formula is C13H21ClN2O3S. The lowest BCUT2D eigenvalue weighted by Crippen LogP contribution is -2.34. The van der Waals surface area contributed by atoms with Crippen LogP contribution in [0.4, 0.5) is 0 Å². The quantitative estimate of drug-likeness (QED) is 0.742. The van der Waals surface area contributed by atoms with Gasteiger partial charge in [0.25, 0.3) is 0 Å². The minimum Gasteiger partial charge on any atom is -0.380 e. The van der Waals surface area contributed by atoms with Gasteiger partial charge in [-0.1, -0.05) is 18.5 Å². The molecular weight excluding hydrogens is 300 g/mol. The van der Waals surface area contributed by atoms with Crippen LogP contribution in [-0.4, -0.2) is 39.0 Å². The molecule has 0 heterocycles.